The van der Waals surface area contributed by atoms with E-state index in [4.69, 9.17) is 0 Å². The Kier molecular flexibility index (Phi) is 15.6. The number of halogens is 5. The molecule has 0 aliphatic carbocycles. The molecule has 0 saturated carbocycles. The van der Waals surface area contributed by atoms with Gasteiger partial charge in [0, 0.05) is 0 Å². The van der Waals surface area contributed by atoms with Gasteiger partial charge in [-0.05, 0) is 0 Å². The molecule has 0 N–H and O–H groups in total. The second-order valence-electron chi connectivity index (χ2n) is 0.291. The number of hydrogen-bond donors (Lipinski definition) is 0. The molecule has 0 spiro atoms. The van der Waals surface area contributed by atoms with E-state index in [1.165, 1.54) is 0 Å². The predicted octanol–water partition coefficient (Wildman–Crippen LogP) is 2.26. The molecule has 0 saturated heterocycles. The normalized spacial score (nSPS) is 7.00. The van der Waals surface area contributed by atoms with Crippen LogP contribution in [-0.2, 0) is 13.1 Å². The van der Waals surface area contributed by atoms with E-state index in [0.29, 0.717) is 0 Å². The molecule has 0 amide bonds. The summed E-state index contributed by atoms with van der Waals surface area (Å²) in [6.07, 6.45) is 0. The fourth-order valence-corrected chi connectivity index (χ4v) is 0. The van der Waals surface area contributed by atoms with Gasteiger partial charge >= 0.3 is 40.9 Å². The summed E-state index contributed by atoms with van der Waals surface area (Å²) in [6.45, 7) is 0. The van der Waals surface area contributed by atoms with Crippen molar-refractivity contribution in [3.63, 3.8) is 0 Å². The second-order valence-corrected chi connectivity index (χ2v) is 1.85. The first-order chi connectivity index (χ1) is 3.15. The van der Waals surface area contributed by atoms with Crippen molar-refractivity contribution >= 4 is 27.7 Å². The Bertz CT molecular complexity index is 24.1. The Morgan fingerprint density at radius 3 is 1.14 bits per heavy atom. The summed E-state index contributed by atoms with van der Waals surface area (Å²) in [5, 5.41) is 0. The third-order valence-electron chi connectivity index (χ3n) is 0. The van der Waals surface area contributed by atoms with Crippen molar-refractivity contribution < 1.29 is 26.1 Å². The second kappa shape index (κ2) is 10.0. The third-order valence-corrected chi connectivity index (χ3v) is 0. The summed E-state index contributed by atoms with van der Waals surface area (Å²) in [7, 11) is 5.67. The van der Waals surface area contributed by atoms with Crippen molar-refractivity contribution in [3.05, 3.63) is 0 Å². The summed E-state index contributed by atoms with van der Waals surface area (Å²) in [6, 6.07) is 0. The molecule has 0 aromatic heterocycles. The molecule has 7 heteroatoms. The third kappa shape index (κ3) is 187. The molecule has 0 rings (SSSR count). The summed E-state index contributed by atoms with van der Waals surface area (Å²) >= 11 is 0.757. The first kappa shape index (κ1) is 10.9. The van der Waals surface area contributed by atoms with Crippen LogP contribution in [0.15, 0.2) is 0 Å². The Morgan fingerprint density at radius 1 is 1.14 bits per heavy atom. The minimum atomic E-state index is -3.67. The van der Waals surface area contributed by atoms with E-state index in [-0.39, 0.29) is 0 Å². The summed E-state index contributed by atoms with van der Waals surface area (Å²) in [4.78, 5) is 0. The van der Waals surface area contributed by atoms with E-state index >= 15 is 0 Å². The summed E-state index contributed by atoms with van der Waals surface area (Å²) in [5.41, 5.74) is 0. The van der Waals surface area contributed by atoms with E-state index in [1.54, 1.807) is 0 Å². The van der Waals surface area contributed by atoms with Gasteiger partial charge in [-0.25, -0.2) is 0 Å². The van der Waals surface area contributed by atoms with Gasteiger partial charge in [0.2, 0.25) is 0 Å². The van der Waals surface area contributed by atoms with Crippen LogP contribution >= 0.6 is 20.2 Å². The Hall–Kier alpha value is 0.954. The van der Waals surface area contributed by atoms with Gasteiger partial charge < -0.3 is 0 Å². The molecule has 0 heterocycles. The molecular formula is BCl2CuF3. The molecule has 0 nitrogen and oxygen atoms in total. The number of rotatable bonds is 0. The van der Waals surface area contributed by atoms with Crippen LogP contribution in [0.1, 0.15) is 0 Å². The average molecular weight is 202 g/mol. The first-order valence-electron chi connectivity index (χ1n) is 0.883. The molecule has 0 radical (unpaired) electrons. The maximum absolute atomic E-state index is 9.67. The van der Waals surface area contributed by atoms with Crippen LogP contribution in [0.4, 0.5) is 12.9 Å². The molecule has 7 heavy (non-hydrogen) atoms. The fourth-order valence-electron chi connectivity index (χ4n) is 0. The van der Waals surface area contributed by atoms with Crippen molar-refractivity contribution in [1.82, 2.24) is 0 Å². The van der Waals surface area contributed by atoms with E-state index in [0.717, 1.165) is 13.1 Å². The van der Waals surface area contributed by atoms with Crippen molar-refractivity contribution in [2.45, 2.75) is 0 Å². The van der Waals surface area contributed by atoms with Gasteiger partial charge in [-0.2, -0.15) is 0 Å². The molecule has 0 aromatic carbocycles. The molecule has 0 bridgehead atoms. The van der Waals surface area contributed by atoms with Crippen molar-refractivity contribution in [2.24, 2.45) is 0 Å². The topological polar surface area (TPSA) is 0 Å². The van der Waals surface area contributed by atoms with Gasteiger partial charge in [-0.1, -0.05) is 0 Å². The van der Waals surface area contributed by atoms with E-state index in [1.807, 2.05) is 0 Å². The molecule has 0 aliphatic heterocycles. The van der Waals surface area contributed by atoms with Gasteiger partial charge in [0.1, 0.15) is 0 Å². The fraction of sp³-hybridized carbons (Fsp3) is 0. The standard InChI is InChI=1S/BF3.2ClH.Cu/c2-1(3)4;;;/h;2*1H;/q;;;+2/p-2. The SMILES string of the molecule is FB(F)F.[Cl][Cu][Cl]. The van der Waals surface area contributed by atoms with Gasteiger partial charge in [-0.15, -0.1) is 0 Å². The Labute approximate surface area is 54.2 Å². The first-order valence-corrected chi connectivity index (χ1v) is 3.47. The van der Waals surface area contributed by atoms with Gasteiger partial charge in [0.15, 0.2) is 0 Å². The monoisotopic (exact) mass is 201 g/mol. The van der Waals surface area contributed by atoms with Crippen LogP contribution in [-0.4, -0.2) is 7.54 Å². The van der Waals surface area contributed by atoms with Crippen molar-refractivity contribution in [3.8, 4) is 0 Å². The van der Waals surface area contributed by atoms with Gasteiger partial charge in [-0.3, -0.25) is 12.9 Å². The molecule has 0 aromatic rings. The van der Waals surface area contributed by atoms with Crippen LogP contribution < -0.4 is 0 Å². The molecule has 49 valence electrons. The van der Waals surface area contributed by atoms with Crippen molar-refractivity contribution in [2.75, 3.05) is 0 Å². The average Bonchev–Trinajstić information content (AvgIpc) is 1.33. The predicted molar refractivity (Wildman–Crippen MR) is 20.8 cm³/mol. The van der Waals surface area contributed by atoms with Gasteiger partial charge in [0.25, 0.3) is 0 Å². The van der Waals surface area contributed by atoms with Crippen LogP contribution in [0.25, 0.3) is 0 Å². The number of hydrogen-bond acceptors (Lipinski definition) is 0. The van der Waals surface area contributed by atoms with Crippen LogP contribution in [0.3, 0.4) is 0 Å². The van der Waals surface area contributed by atoms with E-state index in [9.17, 15) is 12.9 Å². The van der Waals surface area contributed by atoms with Gasteiger partial charge in [0.05, 0.1) is 0 Å². The molecule has 0 fully saturated rings. The Morgan fingerprint density at radius 2 is 1.14 bits per heavy atom. The molecule has 0 aliphatic rings. The zero-order valence-electron chi connectivity index (χ0n) is 2.77. The Balaban J connectivity index is 0. The zero-order valence-corrected chi connectivity index (χ0v) is 5.22. The maximum atomic E-state index is 9.67. The quantitative estimate of drug-likeness (QED) is 0.528. The van der Waals surface area contributed by atoms with E-state index < -0.39 is 7.54 Å². The van der Waals surface area contributed by atoms with E-state index in [2.05, 4.69) is 20.2 Å². The van der Waals surface area contributed by atoms with Crippen LogP contribution in [0.2, 0.25) is 0 Å². The summed E-state index contributed by atoms with van der Waals surface area (Å²) < 4.78 is 29.0. The summed E-state index contributed by atoms with van der Waals surface area (Å²) in [5.74, 6) is 0. The van der Waals surface area contributed by atoms with Crippen molar-refractivity contribution in [1.29, 1.82) is 0 Å². The molecule has 0 unspecified atom stereocenters. The van der Waals surface area contributed by atoms with Crippen LogP contribution in [0.5, 0.6) is 0 Å². The molecular weight excluding hydrogens is 202 g/mol. The minimum absolute atomic E-state index is 0.757. The van der Waals surface area contributed by atoms with Crippen LogP contribution in [0, 0.1) is 0 Å². The zero-order chi connectivity index (χ0) is 6.28. The molecule has 0 atom stereocenters.